The Kier molecular flexibility index (Phi) is 3.64. The van der Waals surface area contributed by atoms with Crippen LogP contribution in [0.4, 0.5) is 0 Å². The minimum atomic E-state index is 0.564. The molecule has 3 heteroatoms. The van der Waals surface area contributed by atoms with Crippen LogP contribution in [-0.4, -0.2) is 22.1 Å². The number of rotatable bonds is 3. The lowest BCUT2D eigenvalue weighted by Crippen LogP contribution is -2.40. The summed E-state index contributed by atoms with van der Waals surface area (Å²) in [6.45, 7) is 7.97. The Bertz CT molecular complexity index is 330. The van der Waals surface area contributed by atoms with Crippen LogP contribution in [-0.2, 0) is 6.42 Å². The number of aromatic nitrogens is 2. The molecule has 0 aliphatic carbocycles. The van der Waals surface area contributed by atoms with Gasteiger partial charge in [-0.3, -0.25) is 0 Å². The maximum atomic E-state index is 4.32. The zero-order valence-electron chi connectivity index (χ0n) is 10.6. The fourth-order valence-electron chi connectivity index (χ4n) is 2.61. The minimum Gasteiger partial charge on any atom is -0.330 e. The van der Waals surface area contributed by atoms with E-state index in [1.165, 1.54) is 18.5 Å². The van der Waals surface area contributed by atoms with E-state index in [4.69, 9.17) is 0 Å². The van der Waals surface area contributed by atoms with Gasteiger partial charge in [-0.1, -0.05) is 13.8 Å². The first kappa shape index (κ1) is 11.6. The van der Waals surface area contributed by atoms with Crippen LogP contribution in [0.1, 0.15) is 45.3 Å². The first-order valence-corrected chi connectivity index (χ1v) is 6.42. The smallest absolute Gasteiger partial charge is 0.0951 e. The lowest BCUT2D eigenvalue weighted by Gasteiger charge is -2.32. The van der Waals surface area contributed by atoms with E-state index in [9.17, 15) is 0 Å². The van der Waals surface area contributed by atoms with Crippen LogP contribution in [0.3, 0.4) is 0 Å². The Hall–Kier alpha value is -0.830. The van der Waals surface area contributed by atoms with Gasteiger partial charge >= 0.3 is 0 Å². The third-order valence-electron chi connectivity index (χ3n) is 3.44. The van der Waals surface area contributed by atoms with Crippen molar-refractivity contribution >= 4 is 0 Å². The number of nitrogens with one attached hydrogen (secondary N) is 1. The molecule has 2 heterocycles. The van der Waals surface area contributed by atoms with Gasteiger partial charge in [-0.05, 0) is 38.6 Å². The predicted molar refractivity (Wildman–Crippen MR) is 66.5 cm³/mol. The van der Waals surface area contributed by atoms with Gasteiger partial charge in [-0.15, -0.1) is 0 Å². The van der Waals surface area contributed by atoms with Gasteiger partial charge in [-0.2, -0.15) is 0 Å². The van der Waals surface area contributed by atoms with Crippen molar-refractivity contribution in [3.05, 3.63) is 18.2 Å². The molecule has 1 N–H and O–H groups in total. The van der Waals surface area contributed by atoms with Crippen LogP contribution in [0.5, 0.6) is 0 Å². The molecule has 2 rings (SSSR count). The number of hydrogen-bond donors (Lipinski definition) is 1. The molecule has 2 atom stereocenters. The highest BCUT2D eigenvalue weighted by Crippen LogP contribution is 2.24. The largest absolute Gasteiger partial charge is 0.330 e. The van der Waals surface area contributed by atoms with Crippen LogP contribution in [0.15, 0.2) is 12.5 Å². The van der Waals surface area contributed by atoms with Gasteiger partial charge in [0.2, 0.25) is 0 Å². The predicted octanol–water partition coefficient (Wildman–Crippen LogP) is 2.39. The van der Waals surface area contributed by atoms with Crippen LogP contribution < -0.4 is 5.32 Å². The Morgan fingerprint density at radius 1 is 1.56 bits per heavy atom. The van der Waals surface area contributed by atoms with Crippen molar-refractivity contribution in [1.29, 1.82) is 0 Å². The summed E-state index contributed by atoms with van der Waals surface area (Å²) in [7, 11) is 0. The third-order valence-corrected chi connectivity index (χ3v) is 3.44. The molecule has 1 saturated heterocycles. The summed E-state index contributed by atoms with van der Waals surface area (Å²) in [6, 6.07) is 1.15. The van der Waals surface area contributed by atoms with Gasteiger partial charge in [0.05, 0.1) is 6.33 Å². The average molecular weight is 221 g/mol. The molecular formula is C13H23N3. The first-order chi connectivity index (χ1) is 7.68. The average Bonchev–Trinajstić information content (AvgIpc) is 2.66. The Morgan fingerprint density at radius 3 is 3.06 bits per heavy atom. The topological polar surface area (TPSA) is 29.9 Å². The summed E-state index contributed by atoms with van der Waals surface area (Å²) in [5, 5.41) is 3.55. The second-order valence-electron chi connectivity index (χ2n) is 5.34. The molecule has 1 aliphatic heterocycles. The monoisotopic (exact) mass is 221 g/mol. The molecule has 0 aromatic carbocycles. The zero-order chi connectivity index (χ0) is 11.5. The molecule has 1 aromatic rings. The first-order valence-electron chi connectivity index (χ1n) is 6.42. The molecule has 0 spiro atoms. The van der Waals surface area contributed by atoms with E-state index in [0.717, 1.165) is 13.0 Å². The van der Waals surface area contributed by atoms with E-state index >= 15 is 0 Å². The maximum Gasteiger partial charge on any atom is 0.0951 e. The number of piperidine rings is 1. The van der Waals surface area contributed by atoms with Gasteiger partial charge in [0.15, 0.2) is 0 Å². The van der Waals surface area contributed by atoms with Crippen molar-refractivity contribution in [2.45, 2.75) is 52.1 Å². The molecular weight excluding hydrogens is 198 g/mol. The Balaban J connectivity index is 2.15. The second-order valence-corrected chi connectivity index (χ2v) is 5.34. The molecule has 0 amide bonds. The van der Waals surface area contributed by atoms with E-state index in [1.54, 1.807) is 0 Å². The Labute approximate surface area is 98.3 Å². The fraction of sp³-hybridized carbons (Fsp3) is 0.769. The highest BCUT2D eigenvalue weighted by Gasteiger charge is 2.23. The van der Waals surface area contributed by atoms with Crippen LogP contribution >= 0.6 is 0 Å². The van der Waals surface area contributed by atoms with Crippen molar-refractivity contribution in [3.8, 4) is 0 Å². The van der Waals surface area contributed by atoms with Crippen LogP contribution in [0, 0.1) is 5.92 Å². The van der Waals surface area contributed by atoms with Crippen molar-refractivity contribution in [1.82, 2.24) is 14.9 Å². The van der Waals surface area contributed by atoms with E-state index in [0.29, 0.717) is 18.0 Å². The minimum absolute atomic E-state index is 0.564. The molecule has 1 aliphatic rings. The summed E-state index contributed by atoms with van der Waals surface area (Å²) in [6.07, 6.45) is 7.71. The summed E-state index contributed by atoms with van der Waals surface area (Å²) in [5.74, 6) is 0.697. The van der Waals surface area contributed by atoms with Crippen LogP contribution in [0.25, 0.3) is 0 Å². The standard InChI is InChI=1S/C13H23N3/c1-10(2)7-12-8-14-9-16(12)13-5-4-6-15-11(13)3/h8-11,13,15H,4-7H2,1-3H3. The summed E-state index contributed by atoms with van der Waals surface area (Å²) < 4.78 is 2.39. The normalized spacial score (nSPS) is 26.2. The number of hydrogen-bond acceptors (Lipinski definition) is 2. The van der Waals surface area contributed by atoms with Crippen molar-refractivity contribution < 1.29 is 0 Å². The summed E-state index contributed by atoms with van der Waals surface area (Å²) >= 11 is 0. The van der Waals surface area contributed by atoms with Crippen molar-refractivity contribution in [2.24, 2.45) is 5.92 Å². The highest BCUT2D eigenvalue weighted by atomic mass is 15.1. The number of nitrogens with zero attached hydrogens (tertiary/aromatic N) is 2. The molecule has 90 valence electrons. The maximum absolute atomic E-state index is 4.32. The molecule has 16 heavy (non-hydrogen) atoms. The van der Waals surface area contributed by atoms with Gasteiger partial charge in [0.1, 0.15) is 0 Å². The summed E-state index contributed by atoms with van der Waals surface area (Å²) in [4.78, 5) is 4.32. The van der Waals surface area contributed by atoms with E-state index in [1.807, 2.05) is 12.5 Å². The molecule has 1 fully saturated rings. The number of imidazole rings is 1. The van der Waals surface area contributed by atoms with Crippen molar-refractivity contribution in [2.75, 3.05) is 6.54 Å². The third kappa shape index (κ3) is 2.46. The van der Waals surface area contributed by atoms with Gasteiger partial charge < -0.3 is 9.88 Å². The molecule has 2 unspecified atom stereocenters. The second kappa shape index (κ2) is 5.00. The summed E-state index contributed by atoms with van der Waals surface area (Å²) in [5.41, 5.74) is 1.38. The molecule has 0 bridgehead atoms. The SMILES string of the molecule is CC(C)Cc1cncn1C1CCCNC1C. The molecule has 0 radical (unpaired) electrons. The van der Waals surface area contributed by atoms with E-state index in [2.05, 4.69) is 35.6 Å². The highest BCUT2D eigenvalue weighted by molar-refractivity contribution is 5.03. The van der Waals surface area contributed by atoms with E-state index < -0.39 is 0 Å². The van der Waals surface area contributed by atoms with Gasteiger partial charge in [-0.25, -0.2) is 4.98 Å². The lowest BCUT2D eigenvalue weighted by molar-refractivity contribution is 0.289. The lowest BCUT2D eigenvalue weighted by atomic mass is 9.98. The molecule has 3 nitrogen and oxygen atoms in total. The van der Waals surface area contributed by atoms with Crippen molar-refractivity contribution in [3.63, 3.8) is 0 Å². The fourth-order valence-corrected chi connectivity index (χ4v) is 2.61. The zero-order valence-corrected chi connectivity index (χ0v) is 10.6. The molecule has 0 saturated carbocycles. The quantitative estimate of drug-likeness (QED) is 0.849. The van der Waals surface area contributed by atoms with Gasteiger partial charge in [0.25, 0.3) is 0 Å². The molecule has 1 aromatic heterocycles. The van der Waals surface area contributed by atoms with E-state index in [-0.39, 0.29) is 0 Å². The Morgan fingerprint density at radius 2 is 2.38 bits per heavy atom. The van der Waals surface area contributed by atoms with Crippen LogP contribution in [0.2, 0.25) is 0 Å². The van der Waals surface area contributed by atoms with Gasteiger partial charge in [0, 0.05) is 24.0 Å².